The van der Waals surface area contributed by atoms with E-state index in [0.717, 1.165) is 47.1 Å². The Kier molecular flexibility index (Phi) is 9.19. The average molecular weight is 654 g/mol. The smallest absolute Gasteiger partial charge is 0.410 e. The molecule has 0 radical (unpaired) electrons. The summed E-state index contributed by atoms with van der Waals surface area (Å²) >= 11 is 12.8. The maximum Gasteiger partial charge on any atom is 0.410 e. The number of pyridine rings is 2. The number of nitrogens with zero attached hydrogens (tertiary/aromatic N) is 5. The number of carbonyl (C=O) groups is 1. The molecule has 45 heavy (non-hydrogen) atoms. The van der Waals surface area contributed by atoms with Crippen molar-refractivity contribution in [3.63, 3.8) is 0 Å². The average Bonchev–Trinajstić information content (AvgIpc) is 3.39. The van der Waals surface area contributed by atoms with Gasteiger partial charge in [0.05, 0.1) is 27.3 Å². The number of rotatable bonds is 6. The molecule has 5 heterocycles. The highest BCUT2D eigenvalue weighted by Gasteiger charge is 2.32. The van der Waals surface area contributed by atoms with E-state index in [0.29, 0.717) is 47.6 Å². The van der Waals surface area contributed by atoms with Gasteiger partial charge in [0.2, 0.25) is 0 Å². The van der Waals surface area contributed by atoms with Crippen LogP contribution in [0.1, 0.15) is 76.6 Å². The molecule has 1 N–H and O–H groups in total. The molecule has 4 aromatic rings. The van der Waals surface area contributed by atoms with Gasteiger partial charge in [-0.2, -0.15) is 5.10 Å². The van der Waals surface area contributed by atoms with Crippen molar-refractivity contribution >= 4 is 40.2 Å². The van der Waals surface area contributed by atoms with Crippen LogP contribution in [0.15, 0.2) is 48.9 Å². The van der Waals surface area contributed by atoms with Gasteiger partial charge in [0.1, 0.15) is 23.1 Å². The van der Waals surface area contributed by atoms with Gasteiger partial charge in [-0.15, -0.1) is 0 Å². The van der Waals surface area contributed by atoms with Crippen LogP contribution in [0.25, 0.3) is 22.2 Å². The fraction of sp³-hybridized carbons (Fsp3) is 0.455. The zero-order chi connectivity index (χ0) is 31.7. The van der Waals surface area contributed by atoms with E-state index in [2.05, 4.69) is 10.3 Å². The summed E-state index contributed by atoms with van der Waals surface area (Å²) in [6.07, 6.45) is 7.03. The monoisotopic (exact) mass is 652 g/mol. The van der Waals surface area contributed by atoms with E-state index in [1.165, 1.54) is 0 Å². The van der Waals surface area contributed by atoms with Gasteiger partial charge in [0.25, 0.3) is 0 Å². The van der Waals surface area contributed by atoms with Gasteiger partial charge in [-0.05, 0) is 77.3 Å². The van der Waals surface area contributed by atoms with E-state index in [4.69, 9.17) is 47.5 Å². The number of hydrogen-bond donors (Lipinski definition) is 1. The van der Waals surface area contributed by atoms with Crippen LogP contribution < -0.4 is 10.1 Å². The molecule has 2 aliphatic rings. The number of amides is 1. The zero-order valence-electron chi connectivity index (χ0n) is 25.9. The lowest BCUT2D eigenvalue weighted by Gasteiger charge is -2.36. The van der Waals surface area contributed by atoms with Crippen molar-refractivity contribution in [2.45, 2.75) is 70.9 Å². The lowest BCUT2D eigenvalue weighted by atomic mass is 10.1. The van der Waals surface area contributed by atoms with E-state index in [-0.39, 0.29) is 18.4 Å². The Labute approximate surface area is 273 Å². The van der Waals surface area contributed by atoms with Crippen LogP contribution in [0.2, 0.25) is 10.0 Å². The molecule has 0 saturated carbocycles. The Morgan fingerprint density at radius 1 is 1.11 bits per heavy atom. The van der Waals surface area contributed by atoms with Crippen LogP contribution in [-0.4, -0.2) is 62.6 Å². The van der Waals surface area contributed by atoms with Gasteiger partial charge in [-0.3, -0.25) is 14.9 Å². The minimum Gasteiger partial charge on any atom is -0.486 e. The predicted octanol–water partition coefficient (Wildman–Crippen LogP) is 7.52. The fourth-order valence-electron chi connectivity index (χ4n) is 5.87. The Hall–Kier alpha value is -3.44. The van der Waals surface area contributed by atoms with Gasteiger partial charge >= 0.3 is 6.09 Å². The summed E-state index contributed by atoms with van der Waals surface area (Å²) in [5, 5.41) is 10.2. The molecule has 1 aromatic carbocycles. The Morgan fingerprint density at radius 3 is 2.60 bits per heavy atom. The number of piperazine rings is 1. The first-order valence-corrected chi connectivity index (χ1v) is 16.1. The Bertz CT molecular complexity index is 1650. The first kappa shape index (κ1) is 31.5. The molecule has 2 unspecified atom stereocenters. The third kappa shape index (κ3) is 6.89. The minimum atomic E-state index is -0.580. The number of halogens is 2. The van der Waals surface area contributed by atoms with Crippen LogP contribution in [0.4, 0.5) is 4.79 Å². The lowest BCUT2D eigenvalue weighted by molar-refractivity contribution is -0.0365. The molecule has 3 atom stereocenters. The second-order valence-corrected chi connectivity index (χ2v) is 13.3. The van der Waals surface area contributed by atoms with Gasteiger partial charge in [-0.25, -0.2) is 9.48 Å². The molecule has 2 aliphatic heterocycles. The summed E-state index contributed by atoms with van der Waals surface area (Å²) in [7, 11) is 0. The van der Waals surface area contributed by atoms with Gasteiger partial charge in [0.15, 0.2) is 6.23 Å². The van der Waals surface area contributed by atoms with Crippen LogP contribution in [-0.2, 0) is 9.47 Å². The summed E-state index contributed by atoms with van der Waals surface area (Å²) in [6, 6.07) is 9.64. The number of aromatic nitrogens is 4. The number of benzene rings is 1. The molecule has 10 nitrogen and oxygen atoms in total. The largest absolute Gasteiger partial charge is 0.486 e. The number of hydrogen-bond acceptors (Lipinski definition) is 8. The lowest BCUT2D eigenvalue weighted by Crippen LogP contribution is -2.50. The number of nitrogens with one attached hydrogen (secondary N) is 1. The molecule has 2 fully saturated rings. The van der Waals surface area contributed by atoms with Crippen molar-refractivity contribution in [1.82, 2.24) is 30.0 Å². The standard InChI is InChI=1S/C33H38Cl2N6O4/c1-20(30-24(34)17-37-18-25(30)35)44-22-9-11-27-23(15-22)31(39-41(27)29-7-5-6-14-43-29)21-8-10-26(38-16-21)28-19-36-12-13-40(28)32(42)45-33(2,3)4/h8-11,15-18,20,28-29,36H,5-7,12-14,19H2,1-4H3/t20-,28?,29?/m1/s1. The van der Waals surface area contributed by atoms with Crippen molar-refractivity contribution in [2.24, 2.45) is 0 Å². The Balaban J connectivity index is 1.34. The maximum absolute atomic E-state index is 13.0. The molecular formula is C33H38Cl2N6O4. The van der Waals surface area contributed by atoms with E-state index in [1.54, 1.807) is 17.3 Å². The second kappa shape index (κ2) is 13.1. The van der Waals surface area contributed by atoms with E-state index in [1.807, 2.05) is 68.9 Å². The summed E-state index contributed by atoms with van der Waals surface area (Å²) in [6.45, 7) is 10.0. The van der Waals surface area contributed by atoms with Crippen molar-refractivity contribution < 1.29 is 19.0 Å². The minimum absolute atomic E-state index is 0.155. The van der Waals surface area contributed by atoms with Crippen molar-refractivity contribution in [1.29, 1.82) is 0 Å². The summed E-state index contributed by atoms with van der Waals surface area (Å²) in [5.74, 6) is 0.648. The van der Waals surface area contributed by atoms with Gasteiger partial charge < -0.3 is 19.5 Å². The summed E-state index contributed by atoms with van der Waals surface area (Å²) in [5.41, 5.74) is 3.42. The number of carbonyl (C=O) groups excluding carboxylic acids is 1. The molecule has 2 saturated heterocycles. The molecule has 3 aromatic heterocycles. The summed E-state index contributed by atoms with van der Waals surface area (Å²) in [4.78, 5) is 23.6. The highest BCUT2D eigenvalue weighted by atomic mass is 35.5. The second-order valence-electron chi connectivity index (χ2n) is 12.4. The molecule has 238 valence electrons. The van der Waals surface area contributed by atoms with Crippen molar-refractivity contribution in [3.8, 4) is 17.0 Å². The zero-order valence-corrected chi connectivity index (χ0v) is 27.4. The van der Waals surface area contributed by atoms with Crippen molar-refractivity contribution in [3.05, 3.63) is 70.2 Å². The molecule has 12 heteroatoms. The summed E-state index contributed by atoms with van der Waals surface area (Å²) < 4.78 is 20.1. The predicted molar refractivity (Wildman–Crippen MR) is 174 cm³/mol. The molecular weight excluding hydrogens is 615 g/mol. The first-order valence-electron chi connectivity index (χ1n) is 15.3. The van der Waals surface area contributed by atoms with Gasteiger partial charge in [-0.1, -0.05) is 23.2 Å². The quantitative estimate of drug-likeness (QED) is 0.228. The molecule has 0 spiro atoms. The maximum atomic E-state index is 13.0. The highest BCUT2D eigenvalue weighted by Crippen LogP contribution is 2.37. The third-order valence-electron chi connectivity index (χ3n) is 7.99. The van der Waals surface area contributed by atoms with Gasteiger partial charge in [0, 0.05) is 61.3 Å². The normalized spacial score (nSPS) is 19.8. The van der Waals surface area contributed by atoms with Crippen LogP contribution in [0, 0.1) is 0 Å². The topological polar surface area (TPSA) is 104 Å². The SMILES string of the molecule is C[C@@H](Oc1ccc2c(c1)c(-c1ccc(C3CNCCN3C(=O)OC(C)(C)C)nc1)nn2C1CCCCO1)c1c(Cl)cncc1Cl. The number of fused-ring (bicyclic) bond motifs is 1. The van der Waals surface area contributed by atoms with E-state index < -0.39 is 11.7 Å². The highest BCUT2D eigenvalue weighted by molar-refractivity contribution is 6.35. The Morgan fingerprint density at radius 2 is 1.91 bits per heavy atom. The molecule has 0 aliphatic carbocycles. The fourth-order valence-corrected chi connectivity index (χ4v) is 6.54. The van der Waals surface area contributed by atoms with E-state index >= 15 is 0 Å². The van der Waals surface area contributed by atoms with Crippen LogP contribution in [0.3, 0.4) is 0 Å². The first-order chi connectivity index (χ1) is 21.6. The molecule has 0 bridgehead atoms. The third-order valence-corrected chi connectivity index (χ3v) is 8.59. The molecule has 6 rings (SSSR count). The number of ether oxygens (including phenoxy) is 3. The molecule has 1 amide bonds. The van der Waals surface area contributed by atoms with Crippen LogP contribution >= 0.6 is 23.2 Å². The van der Waals surface area contributed by atoms with Crippen LogP contribution in [0.5, 0.6) is 5.75 Å². The van der Waals surface area contributed by atoms with Crippen molar-refractivity contribution in [2.75, 3.05) is 26.2 Å². The van der Waals surface area contributed by atoms with E-state index in [9.17, 15) is 4.79 Å².